The minimum Gasteiger partial charge on any atom is -0.465 e. The minimum absolute atomic E-state index is 0.0899. The SMILES string of the molecule is CC1(CNC(=O)O)CCN(c2cnc3c(N4CCCc5cc(C(N)=O)ccc54)nn(C4CCCCO4)c3n2)CC1. The lowest BCUT2D eigenvalue weighted by Gasteiger charge is -2.39. The zero-order valence-electron chi connectivity index (χ0n) is 22.8. The number of nitrogens with two attached hydrogens (primary N) is 1. The first-order valence-corrected chi connectivity index (χ1v) is 14.1. The van der Waals surface area contributed by atoms with Crippen LogP contribution in [0.3, 0.4) is 0 Å². The molecule has 12 nitrogen and oxygen atoms in total. The Morgan fingerprint density at radius 3 is 2.75 bits per heavy atom. The molecular formula is C28H36N8O4. The number of fused-ring (bicyclic) bond motifs is 2. The van der Waals surface area contributed by atoms with Crippen LogP contribution in [0.5, 0.6) is 0 Å². The normalized spacial score (nSPS) is 20.8. The molecule has 3 aromatic rings. The highest BCUT2D eigenvalue weighted by Gasteiger charge is 2.33. The number of carbonyl (C=O) groups excluding carboxylic acids is 1. The van der Waals surface area contributed by atoms with E-state index < -0.39 is 12.0 Å². The number of anilines is 3. The molecule has 1 aromatic carbocycles. The zero-order chi connectivity index (χ0) is 27.9. The highest BCUT2D eigenvalue weighted by Crippen LogP contribution is 2.39. The molecular weight excluding hydrogens is 512 g/mol. The van der Waals surface area contributed by atoms with E-state index in [9.17, 15) is 9.59 Å². The van der Waals surface area contributed by atoms with Gasteiger partial charge in [-0.1, -0.05) is 6.92 Å². The molecule has 3 aliphatic rings. The van der Waals surface area contributed by atoms with Crippen molar-refractivity contribution in [2.45, 2.75) is 58.1 Å². The van der Waals surface area contributed by atoms with E-state index in [1.54, 1.807) is 6.07 Å². The van der Waals surface area contributed by atoms with E-state index in [2.05, 4.69) is 22.0 Å². The summed E-state index contributed by atoms with van der Waals surface area (Å²) in [5.41, 5.74) is 9.44. The Hall–Kier alpha value is -3.93. The van der Waals surface area contributed by atoms with Crippen LogP contribution in [-0.2, 0) is 11.2 Å². The number of carboxylic acid groups (broad SMARTS) is 1. The molecule has 1 atom stereocenters. The highest BCUT2D eigenvalue weighted by molar-refractivity contribution is 5.94. The second-order valence-corrected chi connectivity index (χ2v) is 11.4. The molecule has 6 rings (SSSR count). The summed E-state index contributed by atoms with van der Waals surface area (Å²) in [7, 11) is 0. The van der Waals surface area contributed by atoms with Crippen molar-refractivity contribution >= 4 is 40.5 Å². The summed E-state index contributed by atoms with van der Waals surface area (Å²) in [6.45, 7) is 5.56. The Kier molecular flexibility index (Phi) is 6.95. The van der Waals surface area contributed by atoms with Crippen LogP contribution < -0.4 is 20.9 Å². The first-order chi connectivity index (χ1) is 19.3. The molecule has 2 fully saturated rings. The number of hydrogen-bond donors (Lipinski definition) is 3. The Morgan fingerprint density at radius 1 is 1.20 bits per heavy atom. The maximum Gasteiger partial charge on any atom is 0.404 e. The van der Waals surface area contributed by atoms with Gasteiger partial charge in [-0.25, -0.2) is 19.4 Å². The quantitative estimate of drug-likeness (QED) is 0.420. The maximum atomic E-state index is 11.8. The molecule has 2 aromatic heterocycles. The van der Waals surface area contributed by atoms with Gasteiger partial charge in [0.25, 0.3) is 0 Å². The van der Waals surface area contributed by atoms with Crippen LogP contribution in [0, 0.1) is 5.41 Å². The van der Waals surface area contributed by atoms with Crippen molar-refractivity contribution < 1.29 is 19.4 Å². The third-order valence-electron chi connectivity index (χ3n) is 8.50. The molecule has 0 aliphatic carbocycles. The summed E-state index contributed by atoms with van der Waals surface area (Å²) in [6, 6.07) is 5.60. The first-order valence-electron chi connectivity index (χ1n) is 14.1. The number of amides is 2. The van der Waals surface area contributed by atoms with Crippen LogP contribution in [0.2, 0.25) is 0 Å². The molecule has 40 heavy (non-hydrogen) atoms. The zero-order valence-corrected chi connectivity index (χ0v) is 22.8. The fraction of sp³-hybridized carbons (Fsp3) is 0.536. The second kappa shape index (κ2) is 10.6. The van der Waals surface area contributed by atoms with E-state index in [-0.39, 0.29) is 11.6 Å². The van der Waals surface area contributed by atoms with Crippen molar-refractivity contribution in [1.29, 1.82) is 0 Å². The van der Waals surface area contributed by atoms with Crippen molar-refractivity contribution in [3.63, 3.8) is 0 Å². The van der Waals surface area contributed by atoms with E-state index in [1.165, 1.54) is 0 Å². The van der Waals surface area contributed by atoms with Crippen molar-refractivity contribution in [3.05, 3.63) is 35.5 Å². The number of nitrogens with one attached hydrogen (secondary N) is 1. The average Bonchev–Trinajstić information content (AvgIpc) is 3.35. The maximum absolute atomic E-state index is 11.8. The summed E-state index contributed by atoms with van der Waals surface area (Å²) < 4.78 is 8.04. The predicted molar refractivity (Wildman–Crippen MR) is 150 cm³/mol. The highest BCUT2D eigenvalue weighted by atomic mass is 16.5. The fourth-order valence-electron chi connectivity index (χ4n) is 6.05. The van der Waals surface area contributed by atoms with Crippen LogP contribution in [0.1, 0.15) is 67.6 Å². The Bertz CT molecular complexity index is 1430. The van der Waals surface area contributed by atoms with Gasteiger partial charge in [0, 0.05) is 44.0 Å². The largest absolute Gasteiger partial charge is 0.465 e. The molecule has 12 heteroatoms. The number of benzene rings is 1. The van der Waals surface area contributed by atoms with Crippen molar-refractivity contribution in [2.75, 3.05) is 42.6 Å². The molecule has 0 radical (unpaired) electrons. The van der Waals surface area contributed by atoms with Gasteiger partial charge < -0.3 is 30.7 Å². The van der Waals surface area contributed by atoms with Gasteiger partial charge in [0.1, 0.15) is 5.82 Å². The third kappa shape index (κ3) is 5.03. The van der Waals surface area contributed by atoms with Gasteiger partial charge in [0.2, 0.25) is 5.91 Å². The Balaban J connectivity index is 1.34. The fourth-order valence-corrected chi connectivity index (χ4v) is 6.05. The number of nitrogens with zero attached hydrogens (tertiary/aromatic N) is 6. The molecule has 0 saturated carbocycles. The van der Waals surface area contributed by atoms with E-state index >= 15 is 0 Å². The van der Waals surface area contributed by atoms with Crippen LogP contribution in [-0.4, -0.2) is 69.6 Å². The molecule has 1 unspecified atom stereocenters. The molecule has 2 amide bonds. The van der Waals surface area contributed by atoms with Gasteiger partial charge in [-0.3, -0.25) is 4.79 Å². The van der Waals surface area contributed by atoms with Gasteiger partial charge in [-0.2, -0.15) is 0 Å². The summed E-state index contributed by atoms with van der Waals surface area (Å²) >= 11 is 0. The summed E-state index contributed by atoms with van der Waals surface area (Å²) in [4.78, 5) is 37.2. The van der Waals surface area contributed by atoms with E-state index in [4.69, 9.17) is 30.6 Å². The predicted octanol–water partition coefficient (Wildman–Crippen LogP) is 3.58. The van der Waals surface area contributed by atoms with Gasteiger partial charge in [0.15, 0.2) is 23.2 Å². The Morgan fingerprint density at radius 2 is 2.02 bits per heavy atom. The van der Waals surface area contributed by atoms with Crippen molar-refractivity contribution in [2.24, 2.45) is 11.1 Å². The molecule has 0 spiro atoms. The lowest BCUT2D eigenvalue weighted by molar-refractivity contribution is -0.0368. The monoisotopic (exact) mass is 548 g/mol. The second-order valence-electron chi connectivity index (χ2n) is 11.4. The van der Waals surface area contributed by atoms with Crippen LogP contribution >= 0.6 is 0 Å². The van der Waals surface area contributed by atoms with E-state index in [1.807, 2.05) is 23.0 Å². The van der Waals surface area contributed by atoms with Gasteiger partial charge in [0.05, 0.1) is 6.20 Å². The number of aryl methyl sites for hydroxylation is 1. The third-order valence-corrected chi connectivity index (χ3v) is 8.50. The minimum atomic E-state index is -0.987. The van der Waals surface area contributed by atoms with E-state index in [0.717, 1.165) is 93.0 Å². The number of primary amides is 1. The average molecular weight is 549 g/mol. The number of piperidine rings is 1. The Labute approximate surface area is 232 Å². The summed E-state index contributed by atoms with van der Waals surface area (Å²) in [5.74, 6) is 1.09. The van der Waals surface area contributed by atoms with E-state index in [0.29, 0.717) is 24.4 Å². The van der Waals surface area contributed by atoms with Crippen LogP contribution in [0.15, 0.2) is 24.4 Å². The van der Waals surface area contributed by atoms with Crippen molar-refractivity contribution in [1.82, 2.24) is 25.1 Å². The smallest absolute Gasteiger partial charge is 0.404 e. The molecule has 4 N–H and O–H groups in total. The summed E-state index contributed by atoms with van der Waals surface area (Å²) in [6.07, 6.45) is 7.05. The molecule has 212 valence electrons. The molecule has 5 heterocycles. The molecule has 2 saturated heterocycles. The number of hydrogen-bond acceptors (Lipinski definition) is 8. The van der Waals surface area contributed by atoms with Gasteiger partial charge >= 0.3 is 6.09 Å². The number of aromatic nitrogens is 4. The lowest BCUT2D eigenvalue weighted by atomic mass is 9.80. The van der Waals surface area contributed by atoms with Gasteiger partial charge in [-0.05, 0) is 74.1 Å². The number of ether oxygens (including phenoxy) is 1. The molecule has 0 bridgehead atoms. The van der Waals surface area contributed by atoms with Crippen molar-refractivity contribution in [3.8, 4) is 0 Å². The number of rotatable bonds is 6. The van der Waals surface area contributed by atoms with Gasteiger partial charge in [-0.15, -0.1) is 5.10 Å². The molecule has 3 aliphatic heterocycles. The standard InChI is InChI=1S/C28H36N8O4/c1-28(17-31-27(38)39)9-12-34(13-10-28)21-16-30-23-25(32-21)36(22-6-2-3-14-40-22)33-26(23)35-11-4-5-18-15-19(24(29)37)7-8-20(18)35/h7-8,15-16,22,31H,2-6,9-14,17H2,1H3,(H2,29,37)(H,38,39). The first kappa shape index (κ1) is 26.3. The summed E-state index contributed by atoms with van der Waals surface area (Å²) in [5, 5.41) is 16.6. The van der Waals surface area contributed by atoms with Crippen LogP contribution in [0.25, 0.3) is 11.2 Å². The van der Waals surface area contributed by atoms with Crippen LogP contribution in [0.4, 0.5) is 22.1 Å². The lowest BCUT2D eigenvalue weighted by Crippen LogP contribution is -2.44. The topological polar surface area (TPSA) is 152 Å². The number of carbonyl (C=O) groups is 2.